The van der Waals surface area contributed by atoms with Gasteiger partial charge in [0.15, 0.2) is 0 Å². The van der Waals surface area contributed by atoms with Crippen LogP contribution in [0, 0.1) is 0 Å². The fraction of sp³-hybridized carbons (Fsp3) is 0. The monoisotopic (exact) mass is 562 g/mol. The van der Waals surface area contributed by atoms with Crippen LogP contribution < -0.4 is 4.90 Å². The van der Waals surface area contributed by atoms with Gasteiger partial charge in [0.2, 0.25) is 0 Å². The van der Waals surface area contributed by atoms with E-state index < -0.39 is 0 Å². The van der Waals surface area contributed by atoms with Gasteiger partial charge < -0.3 is 9.47 Å². The highest BCUT2D eigenvalue weighted by Crippen LogP contribution is 2.44. The SMILES string of the molecule is c1ccc(-c2ccc3c(c2)c2ccccc2n3-c2ccccc2-c2ccccc2N(c2ccccc2)c2ccccc2)cc1. The molecular formula is C42H30N2. The van der Waals surface area contributed by atoms with Crippen molar-refractivity contribution in [3.05, 3.63) is 182 Å². The highest BCUT2D eigenvalue weighted by Gasteiger charge is 2.20. The molecule has 208 valence electrons. The van der Waals surface area contributed by atoms with E-state index in [9.17, 15) is 0 Å². The maximum atomic E-state index is 2.43. The van der Waals surface area contributed by atoms with Crippen molar-refractivity contribution >= 4 is 38.9 Å². The second kappa shape index (κ2) is 11.1. The Labute approximate surface area is 257 Å². The van der Waals surface area contributed by atoms with E-state index >= 15 is 0 Å². The molecule has 1 aromatic heterocycles. The molecule has 2 heteroatoms. The molecule has 0 N–H and O–H groups in total. The van der Waals surface area contributed by atoms with Gasteiger partial charge in [0.05, 0.1) is 22.4 Å². The highest BCUT2D eigenvalue weighted by molar-refractivity contribution is 6.11. The quantitative estimate of drug-likeness (QED) is 0.196. The van der Waals surface area contributed by atoms with Gasteiger partial charge in [-0.2, -0.15) is 0 Å². The van der Waals surface area contributed by atoms with Gasteiger partial charge in [-0.3, -0.25) is 0 Å². The van der Waals surface area contributed by atoms with Gasteiger partial charge in [0.25, 0.3) is 0 Å². The van der Waals surface area contributed by atoms with E-state index in [1.54, 1.807) is 0 Å². The standard InChI is InChI=1S/C42H30N2/c1-4-16-31(17-5-1)32-28-29-42-38(30-32)37-24-12-15-27-41(37)44(42)40-26-14-11-23-36(40)35-22-10-13-25-39(35)43(33-18-6-2-7-19-33)34-20-8-3-9-21-34/h1-30H. The summed E-state index contributed by atoms with van der Waals surface area (Å²) in [5.74, 6) is 0. The molecule has 0 aliphatic carbocycles. The summed E-state index contributed by atoms with van der Waals surface area (Å²) in [5, 5.41) is 2.50. The molecule has 0 saturated heterocycles. The summed E-state index contributed by atoms with van der Waals surface area (Å²) in [7, 11) is 0. The van der Waals surface area contributed by atoms with E-state index in [4.69, 9.17) is 0 Å². The molecule has 0 spiro atoms. The Bertz CT molecular complexity index is 2170. The molecule has 0 aliphatic heterocycles. The molecule has 7 aromatic carbocycles. The smallest absolute Gasteiger partial charge is 0.0541 e. The van der Waals surface area contributed by atoms with E-state index in [1.165, 1.54) is 44.1 Å². The number of anilines is 3. The predicted octanol–water partition coefficient (Wildman–Crippen LogP) is 11.6. The van der Waals surface area contributed by atoms with E-state index in [-0.39, 0.29) is 0 Å². The van der Waals surface area contributed by atoms with Crippen molar-refractivity contribution in [1.29, 1.82) is 0 Å². The van der Waals surface area contributed by atoms with Crippen LogP contribution in [0.3, 0.4) is 0 Å². The number of hydrogen-bond donors (Lipinski definition) is 0. The van der Waals surface area contributed by atoms with Crippen LogP contribution in [0.2, 0.25) is 0 Å². The maximum Gasteiger partial charge on any atom is 0.0541 e. The second-order valence-electron chi connectivity index (χ2n) is 11.0. The third kappa shape index (κ3) is 4.45. The molecule has 8 rings (SSSR count). The number of fused-ring (bicyclic) bond motifs is 3. The lowest BCUT2D eigenvalue weighted by Crippen LogP contribution is -2.11. The van der Waals surface area contributed by atoms with Crippen LogP contribution in [0.5, 0.6) is 0 Å². The minimum atomic E-state index is 1.12. The third-order valence-electron chi connectivity index (χ3n) is 8.39. The van der Waals surface area contributed by atoms with Gasteiger partial charge in [-0.15, -0.1) is 0 Å². The molecule has 0 fully saturated rings. The summed E-state index contributed by atoms with van der Waals surface area (Å²) < 4.78 is 2.43. The average Bonchev–Trinajstić information content (AvgIpc) is 3.44. The minimum absolute atomic E-state index is 1.12. The van der Waals surface area contributed by atoms with Crippen LogP contribution in [-0.2, 0) is 0 Å². The van der Waals surface area contributed by atoms with Crippen molar-refractivity contribution in [2.24, 2.45) is 0 Å². The van der Waals surface area contributed by atoms with E-state index in [2.05, 4.69) is 191 Å². The van der Waals surface area contributed by atoms with Crippen LogP contribution in [0.1, 0.15) is 0 Å². The lowest BCUT2D eigenvalue weighted by atomic mass is 9.99. The van der Waals surface area contributed by atoms with Crippen molar-refractivity contribution in [1.82, 2.24) is 4.57 Å². The first-order valence-electron chi connectivity index (χ1n) is 15.0. The molecule has 8 aromatic rings. The number of benzene rings is 7. The first-order valence-corrected chi connectivity index (χ1v) is 15.0. The van der Waals surface area contributed by atoms with Crippen molar-refractivity contribution in [2.75, 3.05) is 4.90 Å². The normalized spacial score (nSPS) is 11.2. The summed E-state index contributed by atoms with van der Waals surface area (Å²) in [4.78, 5) is 2.35. The number of rotatable bonds is 6. The van der Waals surface area contributed by atoms with E-state index in [0.717, 1.165) is 22.7 Å². The predicted molar refractivity (Wildman–Crippen MR) is 186 cm³/mol. The van der Waals surface area contributed by atoms with Gasteiger partial charge in [-0.25, -0.2) is 0 Å². The van der Waals surface area contributed by atoms with Crippen LogP contribution in [0.4, 0.5) is 17.1 Å². The summed E-state index contributed by atoms with van der Waals surface area (Å²) in [6.07, 6.45) is 0. The van der Waals surface area contributed by atoms with Crippen molar-refractivity contribution in [2.45, 2.75) is 0 Å². The van der Waals surface area contributed by atoms with Crippen molar-refractivity contribution in [3.8, 4) is 27.9 Å². The van der Waals surface area contributed by atoms with Crippen LogP contribution in [0.15, 0.2) is 182 Å². The minimum Gasteiger partial charge on any atom is -0.310 e. The Morgan fingerprint density at radius 2 is 0.909 bits per heavy atom. The topological polar surface area (TPSA) is 8.17 Å². The molecule has 2 nitrogen and oxygen atoms in total. The number of para-hydroxylation sites is 5. The molecule has 0 bridgehead atoms. The summed E-state index contributed by atoms with van der Waals surface area (Å²) >= 11 is 0. The molecule has 0 amide bonds. The molecule has 0 aliphatic rings. The summed E-state index contributed by atoms with van der Waals surface area (Å²) in [5.41, 5.74) is 11.7. The first-order chi connectivity index (χ1) is 21.9. The van der Waals surface area contributed by atoms with Crippen molar-refractivity contribution in [3.63, 3.8) is 0 Å². The Morgan fingerprint density at radius 3 is 1.64 bits per heavy atom. The molecular weight excluding hydrogens is 532 g/mol. The van der Waals surface area contributed by atoms with Crippen LogP contribution in [-0.4, -0.2) is 4.57 Å². The van der Waals surface area contributed by atoms with Gasteiger partial charge in [-0.05, 0) is 65.7 Å². The van der Waals surface area contributed by atoms with Gasteiger partial charge in [-0.1, -0.05) is 127 Å². The third-order valence-corrected chi connectivity index (χ3v) is 8.39. The van der Waals surface area contributed by atoms with E-state index in [0.29, 0.717) is 0 Å². The Kier molecular flexibility index (Phi) is 6.51. The zero-order chi connectivity index (χ0) is 29.3. The zero-order valence-corrected chi connectivity index (χ0v) is 24.2. The van der Waals surface area contributed by atoms with Crippen molar-refractivity contribution < 1.29 is 0 Å². The van der Waals surface area contributed by atoms with Gasteiger partial charge in [0.1, 0.15) is 0 Å². The Morgan fingerprint density at radius 1 is 0.364 bits per heavy atom. The largest absolute Gasteiger partial charge is 0.310 e. The van der Waals surface area contributed by atoms with Gasteiger partial charge >= 0.3 is 0 Å². The molecule has 0 radical (unpaired) electrons. The molecule has 0 atom stereocenters. The summed E-state index contributed by atoms with van der Waals surface area (Å²) in [6.45, 7) is 0. The fourth-order valence-corrected chi connectivity index (χ4v) is 6.42. The fourth-order valence-electron chi connectivity index (χ4n) is 6.42. The zero-order valence-electron chi connectivity index (χ0n) is 24.2. The first kappa shape index (κ1) is 25.8. The molecule has 44 heavy (non-hydrogen) atoms. The van der Waals surface area contributed by atoms with Crippen LogP contribution >= 0.6 is 0 Å². The molecule has 1 heterocycles. The lowest BCUT2D eigenvalue weighted by molar-refractivity contribution is 1.18. The second-order valence-corrected chi connectivity index (χ2v) is 11.0. The molecule has 0 saturated carbocycles. The van der Waals surface area contributed by atoms with E-state index in [1.807, 2.05) is 0 Å². The number of hydrogen-bond acceptors (Lipinski definition) is 1. The highest BCUT2D eigenvalue weighted by atomic mass is 15.1. The maximum absolute atomic E-state index is 2.43. The number of nitrogens with zero attached hydrogens (tertiary/aromatic N) is 2. The Hall–Kier alpha value is -5.86. The number of aromatic nitrogens is 1. The van der Waals surface area contributed by atoms with Gasteiger partial charge in [0, 0.05) is 33.3 Å². The van der Waals surface area contributed by atoms with Crippen LogP contribution in [0.25, 0.3) is 49.7 Å². The summed E-state index contributed by atoms with van der Waals surface area (Å²) in [6, 6.07) is 65.0. The molecule has 0 unspecified atom stereocenters. The Balaban J connectivity index is 1.37. The lowest BCUT2D eigenvalue weighted by Gasteiger charge is -2.28. The average molecular weight is 563 g/mol.